The molecule has 2 aromatic carbocycles. The number of ether oxygens (including phenoxy) is 1. The lowest BCUT2D eigenvalue weighted by Crippen LogP contribution is -2.45. The van der Waals surface area contributed by atoms with Gasteiger partial charge in [0.1, 0.15) is 28.5 Å². The highest BCUT2D eigenvalue weighted by Gasteiger charge is 2.73. The van der Waals surface area contributed by atoms with Crippen LogP contribution < -0.4 is 5.32 Å². The van der Waals surface area contributed by atoms with Gasteiger partial charge in [0.15, 0.2) is 9.84 Å². The van der Waals surface area contributed by atoms with Crippen molar-refractivity contribution >= 4 is 22.2 Å². The van der Waals surface area contributed by atoms with Gasteiger partial charge < -0.3 is 14.8 Å². The smallest absolute Gasteiger partial charge is 0.408 e. The van der Waals surface area contributed by atoms with Gasteiger partial charge in [0.2, 0.25) is 0 Å². The van der Waals surface area contributed by atoms with Crippen LogP contribution in [0.5, 0.6) is 0 Å². The molecule has 3 rings (SSSR count). The Morgan fingerprint density at radius 3 is 2.34 bits per heavy atom. The van der Waals surface area contributed by atoms with Crippen molar-refractivity contribution in [3.05, 3.63) is 66.0 Å². The molecule has 29 heavy (non-hydrogen) atoms. The number of amides is 1. The van der Waals surface area contributed by atoms with Gasteiger partial charge in [-0.1, -0.05) is 30.3 Å². The highest BCUT2D eigenvalue weighted by atomic mass is 32.2. The number of alkyl carbamates (subject to hydrolysis) is 1. The summed E-state index contributed by atoms with van der Waals surface area (Å²) >= 11 is 0. The first-order valence-electron chi connectivity index (χ1n) is 9.03. The number of nitrogens with one attached hydrogen (secondary N) is 1. The normalized spacial score (nSPS) is 23.9. The van der Waals surface area contributed by atoms with Crippen LogP contribution in [0.25, 0.3) is 0 Å². The molecule has 6 nitrogen and oxygen atoms in total. The van der Waals surface area contributed by atoms with E-state index in [1.807, 2.05) is 0 Å². The number of sulfone groups is 1. The molecule has 0 unspecified atom stereocenters. The Bertz CT molecular complexity index is 1030. The Morgan fingerprint density at radius 1 is 1.14 bits per heavy atom. The molecule has 0 saturated heterocycles. The fourth-order valence-corrected chi connectivity index (χ4v) is 5.78. The van der Waals surface area contributed by atoms with Crippen molar-refractivity contribution in [1.82, 2.24) is 5.32 Å². The highest BCUT2D eigenvalue weighted by molar-refractivity contribution is 7.92. The zero-order chi connectivity index (χ0) is 21.4. The second kappa shape index (κ2) is 7.26. The molecule has 0 heterocycles. The first-order valence-corrected chi connectivity index (χ1v) is 10.6. The fourth-order valence-electron chi connectivity index (χ4n) is 3.52. The largest absolute Gasteiger partial charge is 0.444 e. The maximum Gasteiger partial charge on any atom is 0.408 e. The molecule has 154 valence electrons. The zero-order valence-corrected chi connectivity index (χ0v) is 17.1. The number of aldehydes is 1. The summed E-state index contributed by atoms with van der Waals surface area (Å²) < 4.78 is 45.5. The molecule has 1 amide bonds. The molecule has 0 radical (unpaired) electrons. The summed E-state index contributed by atoms with van der Waals surface area (Å²) in [4.78, 5) is 24.5. The first kappa shape index (κ1) is 21.0. The summed E-state index contributed by atoms with van der Waals surface area (Å²) in [6, 6.07) is 13.0. The summed E-state index contributed by atoms with van der Waals surface area (Å²) in [5, 5.41) is 1.15. The topological polar surface area (TPSA) is 89.5 Å². The number of hydrogen-bond acceptors (Lipinski definition) is 5. The Labute approximate surface area is 169 Å². The highest BCUT2D eigenvalue weighted by Crippen LogP contribution is 2.56. The van der Waals surface area contributed by atoms with Crippen LogP contribution in [-0.4, -0.2) is 37.2 Å². The molecule has 0 aromatic heterocycles. The minimum Gasteiger partial charge on any atom is -0.444 e. The Kier molecular flexibility index (Phi) is 5.25. The van der Waals surface area contributed by atoms with E-state index in [-0.39, 0.29) is 4.90 Å². The Hall–Kier alpha value is -2.74. The molecule has 1 N–H and O–H groups in total. The van der Waals surface area contributed by atoms with Crippen molar-refractivity contribution in [1.29, 1.82) is 0 Å². The third kappa shape index (κ3) is 4.03. The van der Waals surface area contributed by atoms with Gasteiger partial charge in [-0.3, -0.25) is 0 Å². The second-order valence-electron chi connectivity index (χ2n) is 7.99. The number of hydrogen-bond donors (Lipinski definition) is 1. The minimum atomic E-state index is -4.01. The number of rotatable bonds is 5. The molecule has 0 spiro atoms. The zero-order valence-electron chi connectivity index (χ0n) is 16.3. The second-order valence-corrected chi connectivity index (χ2v) is 10.1. The lowest BCUT2D eigenvalue weighted by molar-refractivity contribution is -0.110. The van der Waals surface area contributed by atoms with Gasteiger partial charge in [-0.2, -0.15) is 0 Å². The van der Waals surface area contributed by atoms with E-state index < -0.39 is 44.1 Å². The SMILES string of the molecule is CC(C)(C)OC(=O)N[C@@]1(C=O)[C@H](c2cccc(F)c2)[C@@H]1S(=O)(=O)c1ccccc1. The molecule has 8 heteroatoms. The van der Waals surface area contributed by atoms with E-state index in [4.69, 9.17) is 4.74 Å². The molecule has 0 bridgehead atoms. The third-order valence-electron chi connectivity index (χ3n) is 4.71. The van der Waals surface area contributed by atoms with Crippen molar-refractivity contribution in [3.8, 4) is 0 Å². The summed E-state index contributed by atoms with van der Waals surface area (Å²) in [5.41, 5.74) is -2.30. The van der Waals surface area contributed by atoms with Crippen molar-refractivity contribution in [2.45, 2.75) is 48.0 Å². The molecule has 1 aliphatic rings. The van der Waals surface area contributed by atoms with Gasteiger partial charge in [0.25, 0.3) is 0 Å². The number of benzene rings is 2. The van der Waals surface area contributed by atoms with E-state index in [1.54, 1.807) is 39.0 Å². The quantitative estimate of drug-likeness (QED) is 0.752. The Balaban J connectivity index is 2.05. The van der Waals surface area contributed by atoms with Crippen LogP contribution >= 0.6 is 0 Å². The molecule has 3 atom stereocenters. The van der Waals surface area contributed by atoms with Gasteiger partial charge in [-0.15, -0.1) is 0 Å². The lowest BCUT2D eigenvalue weighted by Gasteiger charge is -2.22. The summed E-state index contributed by atoms with van der Waals surface area (Å²) in [6.07, 6.45) is -0.519. The van der Waals surface area contributed by atoms with Crippen molar-refractivity contribution in [2.24, 2.45) is 0 Å². The summed E-state index contributed by atoms with van der Waals surface area (Å²) in [5.74, 6) is -1.52. The minimum absolute atomic E-state index is 0.0149. The van der Waals surface area contributed by atoms with Crippen LogP contribution in [0.4, 0.5) is 9.18 Å². The van der Waals surface area contributed by atoms with Crippen LogP contribution in [0.1, 0.15) is 32.3 Å². The van der Waals surface area contributed by atoms with E-state index >= 15 is 0 Å². The monoisotopic (exact) mass is 419 g/mol. The van der Waals surface area contributed by atoms with Crippen molar-refractivity contribution in [3.63, 3.8) is 0 Å². The van der Waals surface area contributed by atoms with E-state index in [0.717, 1.165) is 0 Å². The van der Waals surface area contributed by atoms with Gasteiger partial charge in [0.05, 0.1) is 4.90 Å². The number of carbonyl (C=O) groups excluding carboxylic acids is 2. The molecular formula is C21H22FNO5S. The maximum atomic E-state index is 13.8. The average Bonchev–Trinajstić information content (AvgIpc) is 3.30. The van der Waals surface area contributed by atoms with Gasteiger partial charge >= 0.3 is 6.09 Å². The number of carbonyl (C=O) groups is 2. The van der Waals surface area contributed by atoms with Crippen LogP contribution in [0.3, 0.4) is 0 Å². The predicted molar refractivity (Wildman–Crippen MR) is 105 cm³/mol. The average molecular weight is 419 g/mol. The number of halogens is 1. The van der Waals surface area contributed by atoms with Crippen molar-refractivity contribution < 1.29 is 27.1 Å². The van der Waals surface area contributed by atoms with Crippen LogP contribution in [0, 0.1) is 5.82 Å². The Morgan fingerprint density at radius 2 is 1.79 bits per heavy atom. The van der Waals surface area contributed by atoms with E-state index in [1.165, 1.54) is 36.4 Å². The summed E-state index contributed by atoms with van der Waals surface area (Å²) in [6.45, 7) is 4.94. The van der Waals surface area contributed by atoms with E-state index in [9.17, 15) is 22.4 Å². The van der Waals surface area contributed by atoms with E-state index in [2.05, 4.69) is 5.32 Å². The first-order chi connectivity index (χ1) is 13.5. The molecular weight excluding hydrogens is 397 g/mol. The maximum absolute atomic E-state index is 13.8. The lowest BCUT2D eigenvalue weighted by atomic mass is 10.1. The predicted octanol–water partition coefficient (Wildman–Crippen LogP) is 3.23. The van der Waals surface area contributed by atoms with Crippen LogP contribution in [-0.2, 0) is 19.4 Å². The molecule has 1 fully saturated rings. The molecule has 0 aliphatic heterocycles. The molecule has 2 aromatic rings. The van der Waals surface area contributed by atoms with Crippen LogP contribution in [0.2, 0.25) is 0 Å². The standard InChI is InChI=1S/C21H22FNO5S/c1-20(2,3)28-19(25)23-21(13-24)17(14-8-7-9-15(22)12-14)18(21)29(26,27)16-10-5-4-6-11-16/h4-13,17-18H,1-3H3,(H,23,25)/t17-,18+,21+/m1/s1. The molecule has 1 saturated carbocycles. The van der Waals surface area contributed by atoms with E-state index in [0.29, 0.717) is 11.8 Å². The molecule has 1 aliphatic carbocycles. The third-order valence-corrected chi connectivity index (χ3v) is 6.97. The van der Waals surface area contributed by atoms with Crippen LogP contribution in [0.15, 0.2) is 59.5 Å². The van der Waals surface area contributed by atoms with Gasteiger partial charge in [-0.25, -0.2) is 17.6 Å². The summed E-state index contributed by atoms with van der Waals surface area (Å²) in [7, 11) is -4.01. The van der Waals surface area contributed by atoms with Gasteiger partial charge in [0, 0.05) is 5.92 Å². The van der Waals surface area contributed by atoms with Gasteiger partial charge in [-0.05, 0) is 50.6 Å². The fraction of sp³-hybridized carbons (Fsp3) is 0.333. The van der Waals surface area contributed by atoms with Crippen molar-refractivity contribution in [2.75, 3.05) is 0 Å².